The van der Waals surface area contributed by atoms with Gasteiger partial charge in [-0.15, -0.1) is 11.3 Å². The van der Waals surface area contributed by atoms with Gasteiger partial charge in [0.2, 0.25) is 0 Å². The van der Waals surface area contributed by atoms with Crippen molar-refractivity contribution in [2.24, 2.45) is 0 Å². The molecule has 0 aliphatic carbocycles. The van der Waals surface area contributed by atoms with Crippen molar-refractivity contribution in [1.29, 1.82) is 0 Å². The van der Waals surface area contributed by atoms with Gasteiger partial charge in [-0.3, -0.25) is 0 Å². The number of hydrogen-bond donors (Lipinski definition) is 1. The average Bonchev–Trinajstić information content (AvgIpc) is 2.85. The minimum atomic E-state index is 0.534. The standard InChI is InChI=1S/C10H16N2S2/c1-2-13-7-10-12-9(6-14-10)8-4-3-5-11-8/h6,8,11H,2-5,7H2,1H3/t8-/m0/s1. The van der Waals surface area contributed by atoms with Crippen LogP contribution in [0.5, 0.6) is 0 Å². The molecule has 2 nitrogen and oxygen atoms in total. The molecule has 1 atom stereocenters. The van der Waals surface area contributed by atoms with Crippen LogP contribution < -0.4 is 5.32 Å². The van der Waals surface area contributed by atoms with Crippen molar-refractivity contribution in [2.75, 3.05) is 12.3 Å². The fraction of sp³-hybridized carbons (Fsp3) is 0.700. The third-order valence-electron chi connectivity index (χ3n) is 2.42. The highest BCUT2D eigenvalue weighted by atomic mass is 32.2. The highest BCUT2D eigenvalue weighted by Crippen LogP contribution is 2.25. The van der Waals surface area contributed by atoms with E-state index in [-0.39, 0.29) is 0 Å². The summed E-state index contributed by atoms with van der Waals surface area (Å²) in [4.78, 5) is 4.66. The predicted octanol–water partition coefficient (Wildman–Crippen LogP) is 2.82. The third-order valence-corrected chi connectivity index (χ3v) is 4.35. The minimum Gasteiger partial charge on any atom is -0.309 e. The summed E-state index contributed by atoms with van der Waals surface area (Å²) in [6.45, 7) is 3.35. The molecule has 1 N–H and O–H groups in total. The van der Waals surface area contributed by atoms with E-state index in [0.29, 0.717) is 6.04 Å². The van der Waals surface area contributed by atoms with Gasteiger partial charge in [0.25, 0.3) is 0 Å². The average molecular weight is 228 g/mol. The number of nitrogens with one attached hydrogen (secondary N) is 1. The van der Waals surface area contributed by atoms with Gasteiger partial charge in [-0.1, -0.05) is 6.92 Å². The summed E-state index contributed by atoms with van der Waals surface area (Å²) in [7, 11) is 0. The van der Waals surface area contributed by atoms with E-state index < -0.39 is 0 Å². The number of rotatable bonds is 4. The normalized spacial score (nSPS) is 21.6. The van der Waals surface area contributed by atoms with Crippen molar-refractivity contribution in [3.63, 3.8) is 0 Å². The smallest absolute Gasteiger partial charge is 0.103 e. The van der Waals surface area contributed by atoms with Crippen LogP contribution >= 0.6 is 23.1 Å². The first-order chi connectivity index (χ1) is 6.90. The lowest BCUT2D eigenvalue weighted by Gasteiger charge is -2.04. The summed E-state index contributed by atoms with van der Waals surface area (Å²) in [5.74, 6) is 2.25. The van der Waals surface area contributed by atoms with Gasteiger partial charge in [0, 0.05) is 11.1 Å². The summed E-state index contributed by atoms with van der Waals surface area (Å²) in [5.41, 5.74) is 1.26. The fourth-order valence-electron chi connectivity index (χ4n) is 1.68. The lowest BCUT2D eigenvalue weighted by Crippen LogP contribution is -2.13. The van der Waals surface area contributed by atoms with Crippen molar-refractivity contribution >= 4 is 23.1 Å². The number of aromatic nitrogens is 1. The van der Waals surface area contributed by atoms with Crippen LogP contribution in [0.15, 0.2) is 5.38 Å². The summed E-state index contributed by atoms with van der Waals surface area (Å²) >= 11 is 3.75. The number of thiazole rings is 1. The number of nitrogens with zero attached hydrogens (tertiary/aromatic N) is 1. The number of thioether (sulfide) groups is 1. The molecule has 1 aliphatic heterocycles. The Hall–Kier alpha value is -0.0600. The van der Waals surface area contributed by atoms with E-state index in [2.05, 4.69) is 22.6 Å². The van der Waals surface area contributed by atoms with Crippen molar-refractivity contribution in [1.82, 2.24) is 10.3 Å². The maximum Gasteiger partial charge on any atom is 0.103 e. The van der Waals surface area contributed by atoms with Gasteiger partial charge in [0.1, 0.15) is 5.01 Å². The van der Waals surface area contributed by atoms with Crippen LogP contribution in [0.1, 0.15) is 36.5 Å². The van der Waals surface area contributed by atoms with Gasteiger partial charge in [-0.05, 0) is 25.1 Å². The first kappa shape index (κ1) is 10.5. The highest BCUT2D eigenvalue weighted by molar-refractivity contribution is 7.98. The Morgan fingerprint density at radius 3 is 3.36 bits per heavy atom. The highest BCUT2D eigenvalue weighted by Gasteiger charge is 2.18. The van der Waals surface area contributed by atoms with Crippen molar-refractivity contribution in [3.8, 4) is 0 Å². The molecule has 2 heterocycles. The second-order valence-corrected chi connectivity index (χ2v) is 5.67. The van der Waals surface area contributed by atoms with Crippen LogP contribution in [0, 0.1) is 0 Å². The Bertz CT molecular complexity index is 279. The molecule has 0 saturated carbocycles. The quantitative estimate of drug-likeness (QED) is 0.858. The van der Waals surface area contributed by atoms with E-state index in [0.717, 1.165) is 12.3 Å². The summed E-state index contributed by atoms with van der Waals surface area (Å²) < 4.78 is 0. The molecule has 0 spiro atoms. The van der Waals surface area contributed by atoms with Gasteiger partial charge in [-0.25, -0.2) is 4.98 Å². The Balaban J connectivity index is 1.94. The first-order valence-corrected chi connectivity index (χ1v) is 7.19. The lowest BCUT2D eigenvalue weighted by molar-refractivity contribution is 0.630. The van der Waals surface area contributed by atoms with Gasteiger partial charge >= 0.3 is 0 Å². The van der Waals surface area contributed by atoms with Crippen LogP contribution in [0.2, 0.25) is 0 Å². The summed E-state index contributed by atoms with van der Waals surface area (Å²) in [5, 5.41) is 6.97. The third kappa shape index (κ3) is 2.49. The van der Waals surface area contributed by atoms with Crippen LogP contribution in [-0.4, -0.2) is 17.3 Å². The van der Waals surface area contributed by atoms with E-state index in [1.165, 1.54) is 29.3 Å². The summed E-state index contributed by atoms with van der Waals surface area (Å²) in [6.07, 6.45) is 2.55. The maximum atomic E-state index is 4.66. The molecule has 1 aliphatic rings. The molecular weight excluding hydrogens is 212 g/mol. The first-order valence-electron chi connectivity index (χ1n) is 5.15. The van der Waals surface area contributed by atoms with Gasteiger partial charge in [0.15, 0.2) is 0 Å². The molecule has 1 aromatic heterocycles. The van der Waals surface area contributed by atoms with E-state index in [1.807, 2.05) is 11.8 Å². The molecule has 0 radical (unpaired) electrons. The van der Waals surface area contributed by atoms with Crippen molar-refractivity contribution < 1.29 is 0 Å². The van der Waals surface area contributed by atoms with Gasteiger partial charge in [-0.2, -0.15) is 11.8 Å². The zero-order valence-electron chi connectivity index (χ0n) is 8.45. The minimum absolute atomic E-state index is 0.534. The monoisotopic (exact) mass is 228 g/mol. The molecule has 1 fully saturated rings. The zero-order chi connectivity index (χ0) is 9.80. The maximum absolute atomic E-state index is 4.66. The van der Waals surface area contributed by atoms with Crippen LogP contribution in [0.25, 0.3) is 0 Å². The molecule has 2 rings (SSSR count). The Kier molecular flexibility index (Phi) is 3.84. The molecule has 1 aromatic rings. The molecule has 0 unspecified atom stereocenters. The van der Waals surface area contributed by atoms with Gasteiger partial charge in [0.05, 0.1) is 11.7 Å². The van der Waals surface area contributed by atoms with Gasteiger partial charge < -0.3 is 5.32 Å². The van der Waals surface area contributed by atoms with E-state index in [4.69, 9.17) is 0 Å². The second kappa shape index (κ2) is 5.14. The van der Waals surface area contributed by atoms with Crippen molar-refractivity contribution in [2.45, 2.75) is 31.6 Å². The molecule has 1 saturated heterocycles. The Labute approximate surface area is 93.5 Å². The molecule has 78 valence electrons. The molecule has 0 aromatic carbocycles. The van der Waals surface area contributed by atoms with Crippen LogP contribution in [0.3, 0.4) is 0 Å². The van der Waals surface area contributed by atoms with Crippen molar-refractivity contribution in [3.05, 3.63) is 16.1 Å². The lowest BCUT2D eigenvalue weighted by atomic mass is 10.2. The fourth-order valence-corrected chi connectivity index (χ4v) is 3.28. The molecule has 0 bridgehead atoms. The Morgan fingerprint density at radius 1 is 1.71 bits per heavy atom. The SMILES string of the molecule is CCSCc1nc([C@@H]2CCCN2)cs1. The molecular formula is C10H16N2S2. The molecule has 4 heteroatoms. The summed E-state index contributed by atoms with van der Waals surface area (Å²) in [6, 6.07) is 0.534. The second-order valence-electron chi connectivity index (χ2n) is 3.45. The molecule has 0 amide bonds. The number of hydrogen-bond acceptors (Lipinski definition) is 4. The zero-order valence-corrected chi connectivity index (χ0v) is 10.1. The van der Waals surface area contributed by atoms with E-state index in [9.17, 15) is 0 Å². The predicted molar refractivity (Wildman–Crippen MR) is 63.9 cm³/mol. The van der Waals surface area contributed by atoms with E-state index >= 15 is 0 Å². The largest absolute Gasteiger partial charge is 0.309 e. The Morgan fingerprint density at radius 2 is 2.64 bits per heavy atom. The topological polar surface area (TPSA) is 24.9 Å². The van der Waals surface area contributed by atoms with Crippen LogP contribution in [-0.2, 0) is 5.75 Å². The van der Waals surface area contributed by atoms with E-state index in [1.54, 1.807) is 11.3 Å². The van der Waals surface area contributed by atoms with Crippen LogP contribution in [0.4, 0.5) is 0 Å². The molecule has 14 heavy (non-hydrogen) atoms.